The average molecular weight is 409 g/mol. The molecule has 4 rings (SSSR count). The number of likely N-dealkylation sites (N-methyl/N-ethyl adjacent to an activating group) is 1. The zero-order valence-corrected chi connectivity index (χ0v) is 17.9. The van der Waals surface area contributed by atoms with Crippen LogP contribution in [0.2, 0.25) is 0 Å². The quantitative estimate of drug-likeness (QED) is 0.731. The first-order valence-corrected chi connectivity index (χ1v) is 11.0. The van der Waals surface area contributed by atoms with E-state index in [1.807, 2.05) is 18.0 Å². The molecule has 2 aliphatic heterocycles. The van der Waals surface area contributed by atoms with Gasteiger partial charge >= 0.3 is 0 Å². The van der Waals surface area contributed by atoms with E-state index in [9.17, 15) is 4.79 Å². The fourth-order valence-corrected chi connectivity index (χ4v) is 4.38. The molecule has 0 radical (unpaired) electrons. The summed E-state index contributed by atoms with van der Waals surface area (Å²) in [6, 6.07) is 10.5. The number of hydrogen-bond donors (Lipinski definition) is 0. The number of rotatable bonds is 6. The number of carbonyl (C=O) groups excluding carboxylic acids is 1. The Morgan fingerprint density at radius 1 is 0.900 bits per heavy atom. The van der Waals surface area contributed by atoms with Gasteiger partial charge in [-0.1, -0.05) is 18.2 Å². The van der Waals surface area contributed by atoms with Gasteiger partial charge in [0, 0.05) is 63.9 Å². The van der Waals surface area contributed by atoms with Crippen LogP contribution in [0.1, 0.15) is 24.8 Å². The monoisotopic (exact) mass is 408 g/mol. The number of anilines is 2. The number of piperazine rings is 1. The summed E-state index contributed by atoms with van der Waals surface area (Å²) in [5, 5.41) is 0. The lowest BCUT2D eigenvalue weighted by Crippen LogP contribution is -2.51. The lowest BCUT2D eigenvalue weighted by Gasteiger charge is -2.35. The van der Waals surface area contributed by atoms with Crippen molar-refractivity contribution in [1.29, 1.82) is 0 Å². The molecule has 7 nitrogen and oxygen atoms in total. The molecule has 0 bridgehead atoms. The number of amides is 1. The average Bonchev–Trinajstić information content (AvgIpc) is 2.80. The summed E-state index contributed by atoms with van der Waals surface area (Å²) in [6.07, 6.45) is 7.38. The van der Waals surface area contributed by atoms with Gasteiger partial charge in [-0.25, -0.2) is 9.97 Å². The van der Waals surface area contributed by atoms with Gasteiger partial charge in [0.1, 0.15) is 0 Å². The summed E-state index contributed by atoms with van der Waals surface area (Å²) in [4.78, 5) is 30.2. The Kier molecular flexibility index (Phi) is 6.79. The van der Waals surface area contributed by atoms with Gasteiger partial charge < -0.3 is 14.7 Å². The second-order valence-corrected chi connectivity index (χ2v) is 8.27. The highest BCUT2D eigenvalue weighted by Crippen LogP contribution is 2.25. The molecule has 0 spiro atoms. The Labute approximate surface area is 179 Å². The van der Waals surface area contributed by atoms with Gasteiger partial charge in [0.05, 0.1) is 6.54 Å². The number of aromatic nitrogens is 2. The third kappa shape index (κ3) is 5.08. The molecule has 0 saturated carbocycles. The van der Waals surface area contributed by atoms with E-state index >= 15 is 0 Å². The lowest BCUT2D eigenvalue weighted by molar-refractivity contribution is -0.132. The highest BCUT2D eigenvalue weighted by atomic mass is 16.2. The van der Waals surface area contributed by atoms with Gasteiger partial charge in [0.25, 0.3) is 0 Å². The molecule has 2 aliphatic rings. The molecule has 7 heteroatoms. The maximum atomic E-state index is 12.9. The van der Waals surface area contributed by atoms with Crippen LogP contribution in [0, 0.1) is 0 Å². The van der Waals surface area contributed by atoms with Crippen LogP contribution in [0.3, 0.4) is 0 Å². The lowest BCUT2D eigenvalue weighted by atomic mass is 10.1. The summed E-state index contributed by atoms with van der Waals surface area (Å²) >= 11 is 0. The van der Waals surface area contributed by atoms with E-state index in [1.165, 1.54) is 30.5 Å². The maximum absolute atomic E-state index is 12.9. The van der Waals surface area contributed by atoms with E-state index in [0.717, 1.165) is 51.8 Å². The minimum absolute atomic E-state index is 0.196. The predicted octanol–water partition coefficient (Wildman–Crippen LogP) is 2.25. The van der Waals surface area contributed by atoms with Crippen molar-refractivity contribution in [1.82, 2.24) is 19.8 Å². The van der Waals surface area contributed by atoms with Crippen LogP contribution in [0.15, 0.2) is 42.7 Å². The summed E-state index contributed by atoms with van der Waals surface area (Å²) in [7, 11) is 2.04. The molecule has 1 aromatic carbocycles. The van der Waals surface area contributed by atoms with Gasteiger partial charge in [-0.05, 0) is 44.0 Å². The smallest absolute Gasteiger partial charge is 0.236 e. The van der Waals surface area contributed by atoms with Gasteiger partial charge in [0.2, 0.25) is 11.9 Å². The molecular weight excluding hydrogens is 376 g/mol. The molecule has 1 amide bonds. The maximum Gasteiger partial charge on any atom is 0.236 e. The zero-order chi connectivity index (χ0) is 20.8. The molecule has 1 aromatic heterocycles. The second kappa shape index (κ2) is 9.89. The molecule has 0 atom stereocenters. The van der Waals surface area contributed by atoms with Crippen molar-refractivity contribution in [3.63, 3.8) is 0 Å². The molecule has 2 aromatic rings. The van der Waals surface area contributed by atoms with Crippen molar-refractivity contribution >= 4 is 17.5 Å². The normalized spacial score (nSPS) is 17.5. The van der Waals surface area contributed by atoms with E-state index in [-0.39, 0.29) is 5.91 Å². The standard InChI is InChI=1S/C23H32N6O/c1-26(18-20-8-3-4-9-21(20)27-12-5-2-6-13-27)19-22(30)28-14-16-29(17-15-28)23-24-10-7-11-25-23/h3-4,7-11H,2,5-6,12-19H2,1H3. The number of hydrogen-bond acceptors (Lipinski definition) is 6. The first-order valence-electron chi connectivity index (χ1n) is 11.0. The molecule has 30 heavy (non-hydrogen) atoms. The third-order valence-electron chi connectivity index (χ3n) is 6.00. The molecule has 2 saturated heterocycles. The van der Waals surface area contributed by atoms with Crippen LogP contribution in [0.5, 0.6) is 0 Å². The van der Waals surface area contributed by atoms with Crippen molar-refractivity contribution in [2.45, 2.75) is 25.8 Å². The first-order chi connectivity index (χ1) is 14.7. The van der Waals surface area contributed by atoms with Crippen molar-refractivity contribution < 1.29 is 4.79 Å². The SMILES string of the molecule is CN(CC(=O)N1CCN(c2ncccn2)CC1)Cc1ccccc1N1CCCCC1. The molecule has 0 unspecified atom stereocenters. The van der Waals surface area contributed by atoms with E-state index in [4.69, 9.17) is 0 Å². The summed E-state index contributed by atoms with van der Waals surface area (Å²) < 4.78 is 0. The van der Waals surface area contributed by atoms with Gasteiger partial charge in [-0.3, -0.25) is 9.69 Å². The van der Waals surface area contributed by atoms with Crippen molar-refractivity contribution in [2.75, 3.05) is 62.7 Å². The van der Waals surface area contributed by atoms with Crippen molar-refractivity contribution in [3.8, 4) is 0 Å². The fraction of sp³-hybridized carbons (Fsp3) is 0.522. The van der Waals surface area contributed by atoms with E-state index in [2.05, 4.69) is 48.9 Å². The molecule has 3 heterocycles. The molecule has 0 N–H and O–H groups in total. The Morgan fingerprint density at radius 2 is 1.60 bits per heavy atom. The number of piperidine rings is 1. The number of para-hydroxylation sites is 1. The van der Waals surface area contributed by atoms with Crippen LogP contribution in [0.25, 0.3) is 0 Å². The first kappa shape index (κ1) is 20.6. The van der Waals surface area contributed by atoms with Gasteiger partial charge in [0.15, 0.2) is 0 Å². The fourth-order valence-electron chi connectivity index (χ4n) is 4.38. The molecular formula is C23H32N6O. The Hall–Kier alpha value is -2.67. The van der Waals surface area contributed by atoms with Crippen molar-refractivity contribution in [2.24, 2.45) is 0 Å². The number of benzene rings is 1. The van der Waals surface area contributed by atoms with Crippen LogP contribution >= 0.6 is 0 Å². The Bertz CT molecular complexity index is 815. The Balaban J connectivity index is 1.29. The predicted molar refractivity (Wildman–Crippen MR) is 120 cm³/mol. The molecule has 0 aliphatic carbocycles. The summed E-state index contributed by atoms with van der Waals surface area (Å²) in [5.41, 5.74) is 2.63. The van der Waals surface area contributed by atoms with Gasteiger partial charge in [-0.2, -0.15) is 0 Å². The van der Waals surface area contributed by atoms with E-state index in [0.29, 0.717) is 6.54 Å². The van der Waals surface area contributed by atoms with E-state index < -0.39 is 0 Å². The summed E-state index contributed by atoms with van der Waals surface area (Å²) in [5.74, 6) is 0.942. The third-order valence-corrected chi connectivity index (χ3v) is 6.00. The minimum Gasteiger partial charge on any atom is -0.371 e. The number of carbonyl (C=O) groups is 1. The van der Waals surface area contributed by atoms with Crippen LogP contribution in [-0.2, 0) is 11.3 Å². The van der Waals surface area contributed by atoms with E-state index in [1.54, 1.807) is 12.4 Å². The second-order valence-electron chi connectivity index (χ2n) is 8.27. The van der Waals surface area contributed by atoms with Crippen LogP contribution in [-0.4, -0.2) is 78.5 Å². The minimum atomic E-state index is 0.196. The molecule has 160 valence electrons. The van der Waals surface area contributed by atoms with Crippen molar-refractivity contribution in [3.05, 3.63) is 48.3 Å². The number of nitrogens with zero attached hydrogens (tertiary/aromatic N) is 6. The highest BCUT2D eigenvalue weighted by Gasteiger charge is 2.23. The topological polar surface area (TPSA) is 55.8 Å². The van der Waals surface area contributed by atoms with Crippen LogP contribution in [0.4, 0.5) is 11.6 Å². The highest BCUT2D eigenvalue weighted by molar-refractivity contribution is 5.78. The van der Waals surface area contributed by atoms with Crippen LogP contribution < -0.4 is 9.80 Å². The Morgan fingerprint density at radius 3 is 2.33 bits per heavy atom. The molecule has 2 fully saturated rings. The summed E-state index contributed by atoms with van der Waals surface area (Å²) in [6.45, 7) is 6.48. The van der Waals surface area contributed by atoms with Gasteiger partial charge in [-0.15, -0.1) is 0 Å². The zero-order valence-electron chi connectivity index (χ0n) is 17.9. The largest absolute Gasteiger partial charge is 0.371 e.